The van der Waals surface area contributed by atoms with E-state index in [1.807, 2.05) is 0 Å². The van der Waals surface area contributed by atoms with Crippen LogP contribution in [0.2, 0.25) is 0 Å². The van der Waals surface area contributed by atoms with Crippen LogP contribution in [0, 0.1) is 0 Å². The minimum absolute atomic E-state index is 0. The Kier molecular flexibility index (Phi) is 21.3. The molecule has 0 heterocycles. The number of alkyl halides is 30. The van der Waals surface area contributed by atoms with Crippen LogP contribution in [0.5, 0.6) is 11.5 Å². The second kappa shape index (κ2) is 22.4. The third-order valence-electron chi connectivity index (χ3n) is 8.42. The zero-order valence-electron chi connectivity index (χ0n) is 34.8. The number of benzene rings is 2. The fourth-order valence-corrected chi connectivity index (χ4v) is 5.90. The molecule has 0 amide bonds. The summed E-state index contributed by atoms with van der Waals surface area (Å²) in [6.07, 6.45) is -30.4. The molecule has 0 aromatic heterocycles. The van der Waals surface area contributed by atoms with Gasteiger partial charge in [0.1, 0.15) is 17.7 Å². The van der Waals surface area contributed by atoms with E-state index in [4.69, 9.17) is 9.79 Å². The van der Waals surface area contributed by atoms with Crippen molar-refractivity contribution in [2.45, 2.75) is 96.1 Å². The molecule has 0 spiro atoms. The predicted molar refractivity (Wildman–Crippen MR) is 170 cm³/mol. The van der Waals surface area contributed by atoms with Gasteiger partial charge in [0.15, 0.2) is 0 Å². The molecule has 0 aliphatic carbocycles. The molecule has 2 aromatic rings. The van der Waals surface area contributed by atoms with E-state index in [1.54, 1.807) is 0 Å². The van der Waals surface area contributed by atoms with Crippen LogP contribution in [0.4, 0.5) is 149 Å². The normalized spacial score (nSPS) is 15.7. The summed E-state index contributed by atoms with van der Waals surface area (Å²) in [7, 11) is -10.1. The molecule has 2 rings (SSSR count). The number of hydrogen-bond acceptors (Lipinski definition) is 8. The van der Waals surface area contributed by atoms with E-state index in [-0.39, 0.29) is 43.7 Å². The fraction of sp³-hybridized carbons (Fsp3) is 0.500. The van der Waals surface area contributed by atoms with Gasteiger partial charge in [-0.25, -0.2) is 18.6 Å². The molecule has 0 bridgehead atoms. The Morgan fingerprint density at radius 2 is 0.571 bits per heavy atom. The maximum absolute atomic E-state index is 13.8. The van der Waals surface area contributed by atoms with Crippen LogP contribution in [0.1, 0.15) is 11.1 Å². The fourth-order valence-electron chi connectivity index (χ4n) is 4.56. The molecule has 45 heteroatoms. The molecule has 8 nitrogen and oxygen atoms in total. The second-order valence-electron chi connectivity index (χ2n) is 14.1. The number of allylic oxidation sites excluding steroid dienone is 4. The molecule has 77 heavy (non-hydrogen) atoms. The van der Waals surface area contributed by atoms with Crippen molar-refractivity contribution in [3.05, 3.63) is 83.0 Å². The van der Waals surface area contributed by atoms with E-state index >= 15 is 0 Å². The Labute approximate surface area is 414 Å². The SMILES string of the molecule is [O-][P+](O)(O)Cc1ccc(OC(F)(F)C(F)(F)C(F)(F)C(F)(F)C(F)(F)C(F)(F)/C(F)=C(\F)C(F)(F)F)cc1.[O-][P+]([O-])([O-])Cc1ccc(OC(F)(F)C(F)(F)C(F)(F)C(F)(F)C(F)(F)C(F)(F)/C(F)=C(\F)C(F)(F)F)cc1.[Zn+2]. The summed E-state index contributed by atoms with van der Waals surface area (Å²) in [5.41, 5.74) is -0.985. The average molecular weight is 1300 g/mol. The van der Waals surface area contributed by atoms with Gasteiger partial charge in [-0.2, -0.15) is 148 Å². The monoisotopic (exact) mass is 1300 g/mol. The van der Waals surface area contributed by atoms with Gasteiger partial charge in [-0.1, -0.05) is 24.3 Å². The van der Waals surface area contributed by atoms with Crippen molar-refractivity contribution in [2.75, 3.05) is 0 Å². The van der Waals surface area contributed by atoms with Gasteiger partial charge in [-0.15, -0.1) is 0 Å². The van der Waals surface area contributed by atoms with Crippen molar-refractivity contribution in [1.29, 1.82) is 0 Å². The summed E-state index contributed by atoms with van der Waals surface area (Å²) in [5.74, 6) is -106. The molecule has 0 unspecified atom stereocenters. The van der Waals surface area contributed by atoms with Crippen LogP contribution in [-0.4, -0.2) is 93.6 Å². The third kappa shape index (κ3) is 14.3. The van der Waals surface area contributed by atoms with E-state index in [9.17, 15) is 169 Å². The van der Waals surface area contributed by atoms with Crippen molar-refractivity contribution < 1.29 is 208 Å². The van der Waals surface area contributed by atoms with E-state index in [2.05, 4.69) is 9.47 Å². The molecule has 2 N–H and O–H groups in total. The Balaban J connectivity index is 0.00000148. The van der Waals surface area contributed by atoms with Crippen molar-refractivity contribution >= 4 is 15.9 Å². The zero-order chi connectivity index (χ0) is 61.1. The van der Waals surface area contributed by atoms with E-state index in [0.29, 0.717) is 24.3 Å². The molecule has 0 radical (unpaired) electrons. The first-order valence-electron chi connectivity index (χ1n) is 17.4. The van der Waals surface area contributed by atoms with Crippen LogP contribution in [0.15, 0.2) is 71.8 Å². The summed E-state index contributed by atoms with van der Waals surface area (Å²) in [6.45, 7) is 0. The number of rotatable bonds is 20. The quantitative estimate of drug-likeness (QED) is 0.0756. The molecule has 0 atom stereocenters. The number of halogens is 34. The molecular weight excluding hydrogens is 1290 g/mol. The van der Waals surface area contributed by atoms with Gasteiger partial charge in [0.2, 0.25) is 31.3 Å². The topological polar surface area (TPSA) is 151 Å². The van der Waals surface area contributed by atoms with Crippen LogP contribution in [-0.2, 0) is 31.8 Å². The molecular formula is C32H14F34O8P2Zn. The molecule has 2 aromatic carbocycles. The van der Waals surface area contributed by atoms with Crippen LogP contribution >= 0.6 is 15.9 Å². The first-order valence-corrected chi connectivity index (χ1v) is 20.9. The molecule has 0 fully saturated rings. The minimum atomic E-state index is -8.55. The van der Waals surface area contributed by atoms with Crippen molar-refractivity contribution in [1.82, 2.24) is 0 Å². The largest absolute Gasteiger partial charge is 2.00 e. The van der Waals surface area contributed by atoms with Crippen molar-refractivity contribution in [3.63, 3.8) is 0 Å². The smallest absolute Gasteiger partial charge is 0.687 e. The van der Waals surface area contributed by atoms with Crippen molar-refractivity contribution in [2.24, 2.45) is 0 Å². The zero-order valence-corrected chi connectivity index (χ0v) is 39.6. The number of ether oxygens (including phenoxy) is 2. The number of hydrogen-bond donors (Lipinski definition) is 2. The van der Waals surface area contributed by atoms with Crippen LogP contribution in [0.3, 0.4) is 0 Å². The van der Waals surface area contributed by atoms with Gasteiger partial charge in [-0.3, -0.25) is 0 Å². The Morgan fingerprint density at radius 1 is 0.351 bits per heavy atom. The average Bonchev–Trinajstić information content (AvgIpc) is 3.21. The van der Waals surface area contributed by atoms with Gasteiger partial charge in [0.25, 0.3) is 0 Å². The van der Waals surface area contributed by atoms with Crippen LogP contribution < -0.4 is 29.0 Å². The third-order valence-corrected chi connectivity index (χ3v) is 9.95. The van der Waals surface area contributed by atoms with Crippen LogP contribution in [0.25, 0.3) is 0 Å². The maximum atomic E-state index is 13.8. The van der Waals surface area contributed by atoms with Gasteiger partial charge in [0, 0.05) is 0 Å². The van der Waals surface area contributed by atoms with Gasteiger partial charge >= 0.3 is 103 Å². The molecule has 0 aliphatic rings. The Bertz CT molecular complexity index is 2230. The molecule has 0 saturated carbocycles. The summed E-state index contributed by atoms with van der Waals surface area (Å²) in [6, 6.07) is 1.91. The minimum Gasteiger partial charge on any atom is -0.687 e. The maximum Gasteiger partial charge on any atom is 2.00 e. The van der Waals surface area contributed by atoms with Gasteiger partial charge in [0.05, 0.1) is 6.16 Å². The predicted octanol–water partition coefficient (Wildman–Crippen LogP) is 11.0. The first kappa shape index (κ1) is 73.4. The molecule has 0 aliphatic heterocycles. The summed E-state index contributed by atoms with van der Waals surface area (Å²) >= 11 is 0. The van der Waals surface area contributed by atoms with E-state index in [0.717, 1.165) is 0 Å². The second-order valence-corrected chi connectivity index (χ2v) is 17.3. The molecule has 440 valence electrons. The van der Waals surface area contributed by atoms with E-state index in [1.165, 1.54) is 0 Å². The Hall–Kier alpha value is -3.62. The summed E-state index contributed by atoms with van der Waals surface area (Å²) < 4.78 is 456. The Morgan fingerprint density at radius 3 is 0.779 bits per heavy atom. The van der Waals surface area contributed by atoms with Gasteiger partial charge < -0.3 is 29.0 Å². The van der Waals surface area contributed by atoms with Crippen molar-refractivity contribution in [3.8, 4) is 11.5 Å². The van der Waals surface area contributed by atoms with E-state index < -0.39 is 158 Å². The standard InChI is InChI=1S/2C16H8F17O4P.Zn/c2*17-8(9(18)11(21,22)23)10(19,20)12(24,25)13(26,27)14(28,29)15(30,31)16(32,33)37-7-3-1-6(2-4-7)5-38(34,35)36;/h2*1-4H,5H2,(H2,34,35,36);/q;;+2/p-2/b2*9-8+;. The first-order chi connectivity index (χ1) is 32.9. The molecule has 0 saturated heterocycles. The summed E-state index contributed by atoms with van der Waals surface area (Å²) in [4.78, 5) is 60.0. The summed E-state index contributed by atoms with van der Waals surface area (Å²) in [5, 5.41) is 0. The van der Waals surface area contributed by atoms with Gasteiger partial charge in [-0.05, 0) is 35.4 Å².